The molecule has 0 radical (unpaired) electrons. The van der Waals surface area contributed by atoms with Crippen molar-refractivity contribution >= 4 is 21.8 Å². The molecule has 0 fully saturated rings. The summed E-state index contributed by atoms with van der Waals surface area (Å²) in [5, 5.41) is 3.66. The number of amides is 1. The number of carbonyl (C=O) groups excluding carboxylic acids is 1. The van der Waals surface area contributed by atoms with E-state index in [4.69, 9.17) is 0 Å². The molecule has 2 aromatic rings. The number of nitrogens with zero attached hydrogens (tertiary/aromatic N) is 1. The minimum Gasteiger partial charge on any atom is -0.352 e. The number of hydrogen-bond acceptors (Lipinski definition) is 2. The molecule has 1 aromatic heterocycles. The molecular formula is C13H14BrN3O. The van der Waals surface area contributed by atoms with Crippen LogP contribution in [0.4, 0.5) is 0 Å². The first kappa shape index (κ1) is 12.8. The zero-order valence-electron chi connectivity index (χ0n) is 9.82. The third-order valence-corrected chi connectivity index (χ3v) is 3.22. The van der Waals surface area contributed by atoms with Crippen molar-refractivity contribution in [2.75, 3.05) is 6.54 Å². The van der Waals surface area contributed by atoms with Crippen LogP contribution in [0.2, 0.25) is 0 Å². The summed E-state index contributed by atoms with van der Waals surface area (Å²) in [6.07, 6.45) is 4.19. The molecule has 1 aromatic carbocycles. The van der Waals surface area contributed by atoms with Gasteiger partial charge in [0.15, 0.2) is 0 Å². The van der Waals surface area contributed by atoms with Crippen LogP contribution in [-0.4, -0.2) is 22.4 Å². The van der Waals surface area contributed by atoms with Crippen LogP contribution in [0.3, 0.4) is 0 Å². The molecule has 0 saturated heterocycles. The lowest BCUT2D eigenvalue weighted by molar-refractivity contribution is 0.0954. The maximum Gasteiger partial charge on any atom is 0.251 e. The van der Waals surface area contributed by atoms with Gasteiger partial charge in [-0.3, -0.25) is 4.79 Å². The largest absolute Gasteiger partial charge is 0.352 e. The average molecular weight is 308 g/mol. The van der Waals surface area contributed by atoms with Crippen LogP contribution >= 0.6 is 15.9 Å². The number of halogens is 1. The summed E-state index contributed by atoms with van der Waals surface area (Å²) in [6.45, 7) is 0.576. The quantitative estimate of drug-likeness (QED) is 0.833. The molecule has 5 heteroatoms. The Morgan fingerprint density at radius 1 is 1.33 bits per heavy atom. The standard InChI is InChI=1S/C13H14BrN3O/c14-9-10-1-3-11(4-2-10)13(18)17-6-5-12-15-7-8-16-12/h1-4,7-8H,5-6,9H2,(H,15,16)(H,17,18). The zero-order valence-corrected chi connectivity index (χ0v) is 11.4. The van der Waals surface area contributed by atoms with Gasteiger partial charge in [-0.1, -0.05) is 28.1 Å². The summed E-state index contributed by atoms with van der Waals surface area (Å²) in [5.41, 5.74) is 1.83. The Bertz CT molecular complexity index is 493. The number of hydrogen-bond donors (Lipinski definition) is 2. The molecule has 0 aliphatic heterocycles. The lowest BCUT2D eigenvalue weighted by Crippen LogP contribution is -2.25. The second-order valence-corrected chi connectivity index (χ2v) is 4.43. The second kappa shape index (κ2) is 6.35. The van der Waals surface area contributed by atoms with Crippen LogP contribution in [0.25, 0.3) is 0 Å². The van der Waals surface area contributed by atoms with Crippen LogP contribution in [0, 0.1) is 0 Å². The van der Waals surface area contributed by atoms with E-state index in [0.29, 0.717) is 18.5 Å². The minimum absolute atomic E-state index is 0.0531. The van der Waals surface area contributed by atoms with Crippen LogP contribution < -0.4 is 5.32 Å². The SMILES string of the molecule is O=C(NCCc1ncc[nH]1)c1ccc(CBr)cc1. The first-order valence-electron chi connectivity index (χ1n) is 5.71. The van der Waals surface area contributed by atoms with Gasteiger partial charge in [0.05, 0.1) is 0 Å². The fourth-order valence-corrected chi connectivity index (χ4v) is 1.95. The Labute approximate surface area is 114 Å². The highest BCUT2D eigenvalue weighted by atomic mass is 79.9. The van der Waals surface area contributed by atoms with Gasteiger partial charge in [0, 0.05) is 36.3 Å². The predicted octanol–water partition coefficient (Wildman–Crippen LogP) is 2.28. The van der Waals surface area contributed by atoms with Gasteiger partial charge in [0.2, 0.25) is 0 Å². The Kier molecular flexibility index (Phi) is 4.52. The van der Waals surface area contributed by atoms with E-state index in [1.165, 1.54) is 0 Å². The molecule has 4 nitrogen and oxygen atoms in total. The molecule has 0 unspecified atom stereocenters. The molecule has 0 saturated carbocycles. The Morgan fingerprint density at radius 2 is 2.11 bits per heavy atom. The normalized spacial score (nSPS) is 10.3. The van der Waals surface area contributed by atoms with Crippen LogP contribution in [0.1, 0.15) is 21.7 Å². The molecular weight excluding hydrogens is 294 g/mol. The van der Waals surface area contributed by atoms with Gasteiger partial charge in [0.1, 0.15) is 5.82 Å². The maximum absolute atomic E-state index is 11.8. The molecule has 2 rings (SSSR count). The van der Waals surface area contributed by atoms with Crippen molar-refractivity contribution < 1.29 is 4.79 Å². The molecule has 0 bridgehead atoms. The predicted molar refractivity (Wildman–Crippen MR) is 73.7 cm³/mol. The Hall–Kier alpha value is -1.62. The lowest BCUT2D eigenvalue weighted by atomic mass is 10.1. The number of aromatic nitrogens is 2. The first-order chi connectivity index (χ1) is 8.79. The molecule has 18 heavy (non-hydrogen) atoms. The van der Waals surface area contributed by atoms with Crippen molar-refractivity contribution in [3.8, 4) is 0 Å². The van der Waals surface area contributed by atoms with Crippen molar-refractivity contribution in [1.29, 1.82) is 0 Å². The summed E-state index contributed by atoms with van der Waals surface area (Å²) >= 11 is 3.37. The number of nitrogens with one attached hydrogen (secondary N) is 2. The van der Waals surface area contributed by atoms with E-state index in [1.807, 2.05) is 24.3 Å². The van der Waals surface area contributed by atoms with Crippen LogP contribution in [0.5, 0.6) is 0 Å². The van der Waals surface area contributed by atoms with E-state index >= 15 is 0 Å². The number of benzene rings is 1. The molecule has 2 N–H and O–H groups in total. The summed E-state index contributed by atoms with van der Waals surface area (Å²) in [6, 6.07) is 7.55. The van der Waals surface area contributed by atoms with E-state index in [-0.39, 0.29) is 5.91 Å². The van der Waals surface area contributed by atoms with Crippen molar-refractivity contribution in [3.63, 3.8) is 0 Å². The van der Waals surface area contributed by atoms with E-state index in [1.54, 1.807) is 12.4 Å². The van der Waals surface area contributed by atoms with Gasteiger partial charge < -0.3 is 10.3 Å². The second-order valence-electron chi connectivity index (χ2n) is 3.87. The van der Waals surface area contributed by atoms with Gasteiger partial charge in [-0.15, -0.1) is 0 Å². The van der Waals surface area contributed by atoms with Crippen molar-refractivity contribution in [2.24, 2.45) is 0 Å². The Balaban J connectivity index is 1.83. The topological polar surface area (TPSA) is 57.8 Å². The minimum atomic E-state index is -0.0531. The molecule has 0 aliphatic carbocycles. The number of aromatic amines is 1. The van der Waals surface area contributed by atoms with Gasteiger partial charge in [0.25, 0.3) is 5.91 Å². The highest BCUT2D eigenvalue weighted by molar-refractivity contribution is 9.08. The Morgan fingerprint density at radius 3 is 2.72 bits per heavy atom. The fourth-order valence-electron chi connectivity index (χ4n) is 1.58. The number of carbonyl (C=O) groups is 1. The van der Waals surface area contributed by atoms with Gasteiger partial charge in [-0.05, 0) is 17.7 Å². The highest BCUT2D eigenvalue weighted by Gasteiger charge is 2.04. The van der Waals surface area contributed by atoms with Crippen molar-refractivity contribution in [2.45, 2.75) is 11.8 Å². The van der Waals surface area contributed by atoms with E-state index < -0.39 is 0 Å². The molecule has 0 spiro atoms. The third-order valence-electron chi connectivity index (χ3n) is 2.57. The van der Waals surface area contributed by atoms with Crippen LogP contribution in [-0.2, 0) is 11.8 Å². The van der Waals surface area contributed by atoms with Crippen LogP contribution in [0.15, 0.2) is 36.7 Å². The van der Waals surface area contributed by atoms with Gasteiger partial charge in [-0.25, -0.2) is 4.98 Å². The number of rotatable bonds is 5. The number of alkyl halides is 1. The molecule has 0 aliphatic rings. The third kappa shape index (κ3) is 3.43. The highest BCUT2D eigenvalue weighted by Crippen LogP contribution is 2.07. The molecule has 0 atom stereocenters. The smallest absolute Gasteiger partial charge is 0.251 e. The van der Waals surface area contributed by atoms with Crippen molar-refractivity contribution in [1.82, 2.24) is 15.3 Å². The molecule has 1 amide bonds. The van der Waals surface area contributed by atoms with Gasteiger partial charge in [-0.2, -0.15) is 0 Å². The number of H-pyrrole nitrogens is 1. The summed E-state index contributed by atoms with van der Waals surface area (Å²) in [4.78, 5) is 18.9. The van der Waals surface area contributed by atoms with E-state index in [0.717, 1.165) is 16.7 Å². The molecule has 1 heterocycles. The number of imidazole rings is 1. The fraction of sp³-hybridized carbons (Fsp3) is 0.231. The average Bonchev–Trinajstić information content (AvgIpc) is 2.92. The van der Waals surface area contributed by atoms with Crippen molar-refractivity contribution in [3.05, 3.63) is 53.6 Å². The monoisotopic (exact) mass is 307 g/mol. The van der Waals surface area contributed by atoms with E-state index in [9.17, 15) is 4.79 Å². The van der Waals surface area contributed by atoms with Gasteiger partial charge >= 0.3 is 0 Å². The lowest BCUT2D eigenvalue weighted by Gasteiger charge is -2.04. The summed E-state index contributed by atoms with van der Waals surface area (Å²) < 4.78 is 0. The molecule has 94 valence electrons. The maximum atomic E-state index is 11.8. The summed E-state index contributed by atoms with van der Waals surface area (Å²) in [7, 11) is 0. The first-order valence-corrected chi connectivity index (χ1v) is 6.83. The van der Waals surface area contributed by atoms with E-state index in [2.05, 4.69) is 31.2 Å². The zero-order chi connectivity index (χ0) is 12.8. The summed E-state index contributed by atoms with van der Waals surface area (Å²) in [5.74, 6) is 0.826.